The van der Waals surface area contributed by atoms with Crippen LogP contribution in [0.15, 0.2) is 42.7 Å². The summed E-state index contributed by atoms with van der Waals surface area (Å²) in [4.78, 5) is 15.3. The van der Waals surface area contributed by atoms with Crippen LogP contribution in [0.3, 0.4) is 0 Å². The first-order valence-corrected chi connectivity index (χ1v) is 5.00. The van der Waals surface area contributed by atoms with E-state index in [0.29, 0.717) is 5.56 Å². The molecule has 1 heterocycles. The Labute approximate surface area is 93.9 Å². The summed E-state index contributed by atoms with van der Waals surface area (Å²) in [5.41, 5.74) is 8.73. The molecule has 80 valence electrons. The number of nitrogens with zero attached hydrogens (tertiary/aromatic N) is 1. The highest BCUT2D eigenvalue weighted by atomic mass is 16.1. The van der Waals surface area contributed by atoms with Gasteiger partial charge in [-0.1, -0.05) is 18.2 Å². The summed E-state index contributed by atoms with van der Waals surface area (Å²) in [5.74, 6) is -0.400. The number of hydrogen-bond donors (Lipinski definition) is 1. The van der Waals surface area contributed by atoms with Crippen molar-refractivity contribution in [1.82, 2.24) is 4.98 Å². The van der Waals surface area contributed by atoms with Crippen LogP contribution in [0.25, 0.3) is 11.1 Å². The quantitative estimate of drug-likeness (QED) is 0.829. The number of amides is 1. The first kappa shape index (κ1) is 10.4. The van der Waals surface area contributed by atoms with Gasteiger partial charge < -0.3 is 5.73 Å². The normalized spacial score (nSPS) is 10.1. The largest absolute Gasteiger partial charge is 0.366 e. The number of hydrogen-bond acceptors (Lipinski definition) is 2. The third-order valence-electron chi connectivity index (χ3n) is 2.57. The smallest absolute Gasteiger partial charge is 0.248 e. The highest BCUT2D eigenvalue weighted by Gasteiger charge is 2.09. The van der Waals surface area contributed by atoms with Crippen LogP contribution >= 0.6 is 0 Å². The van der Waals surface area contributed by atoms with E-state index < -0.39 is 5.91 Å². The molecule has 0 aliphatic heterocycles. The molecule has 0 aliphatic carbocycles. The molecule has 0 unspecified atom stereocenters. The van der Waals surface area contributed by atoms with Gasteiger partial charge in [-0.2, -0.15) is 0 Å². The zero-order valence-corrected chi connectivity index (χ0v) is 8.97. The molecule has 0 radical (unpaired) electrons. The number of carbonyl (C=O) groups is 1. The van der Waals surface area contributed by atoms with E-state index in [-0.39, 0.29) is 0 Å². The maximum Gasteiger partial charge on any atom is 0.248 e. The van der Waals surface area contributed by atoms with E-state index in [2.05, 4.69) is 4.98 Å². The third kappa shape index (κ3) is 1.80. The van der Waals surface area contributed by atoms with Crippen molar-refractivity contribution in [3.63, 3.8) is 0 Å². The van der Waals surface area contributed by atoms with Gasteiger partial charge in [0.15, 0.2) is 0 Å². The first-order valence-electron chi connectivity index (χ1n) is 5.00. The Balaban J connectivity index is 2.59. The Bertz CT molecular complexity index is 521. The van der Waals surface area contributed by atoms with E-state index in [1.165, 1.54) is 0 Å². The monoisotopic (exact) mass is 212 g/mol. The molecule has 3 nitrogen and oxygen atoms in total. The predicted molar refractivity (Wildman–Crippen MR) is 62.9 cm³/mol. The lowest BCUT2D eigenvalue weighted by atomic mass is 9.97. The van der Waals surface area contributed by atoms with Crippen molar-refractivity contribution in [1.29, 1.82) is 0 Å². The standard InChI is InChI=1S/C13H12N2O/c1-9-11(10-4-3-7-15-8-10)5-2-6-12(9)13(14)16/h2-8H,1H3,(H2,14,16). The second-order valence-electron chi connectivity index (χ2n) is 3.58. The zero-order chi connectivity index (χ0) is 11.5. The van der Waals surface area contributed by atoms with Gasteiger partial charge in [0, 0.05) is 23.5 Å². The van der Waals surface area contributed by atoms with Gasteiger partial charge in [-0.25, -0.2) is 0 Å². The SMILES string of the molecule is Cc1c(C(N)=O)cccc1-c1cccnc1. The highest BCUT2D eigenvalue weighted by molar-refractivity contribution is 5.96. The van der Waals surface area contributed by atoms with Gasteiger partial charge in [0.1, 0.15) is 0 Å². The lowest BCUT2D eigenvalue weighted by Gasteiger charge is -2.08. The molecule has 0 saturated carbocycles. The zero-order valence-electron chi connectivity index (χ0n) is 8.97. The Morgan fingerprint density at radius 2 is 2.06 bits per heavy atom. The van der Waals surface area contributed by atoms with Gasteiger partial charge in [-0.3, -0.25) is 9.78 Å². The number of carbonyl (C=O) groups excluding carboxylic acids is 1. The van der Waals surface area contributed by atoms with Gasteiger partial charge in [-0.15, -0.1) is 0 Å². The molecule has 1 amide bonds. The highest BCUT2D eigenvalue weighted by Crippen LogP contribution is 2.24. The first-order chi connectivity index (χ1) is 7.70. The van der Waals surface area contributed by atoms with Crippen molar-refractivity contribution >= 4 is 5.91 Å². The minimum absolute atomic E-state index is 0.400. The Kier molecular flexibility index (Phi) is 2.68. The van der Waals surface area contributed by atoms with Crippen molar-refractivity contribution in [2.75, 3.05) is 0 Å². The van der Waals surface area contributed by atoms with Crippen LogP contribution in [0.2, 0.25) is 0 Å². The molecule has 1 aromatic carbocycles. The van der Waals surface area contributed by atoms with Crippen molar-refractivity contribution in [2.45, 2.75) is 6.92 Å². The molecule has 16 heavy (non-hydrogen) atoms. The lowest BCUT2D eigenvalue weighted by Crippen LogP contribution is -2.12. The van der Waals surface area contributed by atoms with Crippen LogP contribution < -0.4 is 5.73 Å². The molecule has 0 spiro atoms. The molecule has 0 fully saturated rings. The molecule has 3 heteroatoms. The maximum atomic E-state index is 11.2. The number of rotatable bonds is 2. The Morgan fingerprint density at radius 1 is 1.25 bits per heavy atom. The number of nitrogens with two attached hydrogens (primary N) is 1. The molecule has 0 bridgehead atoms. The van der Waals surface area contributed by atoms with Crippen LogP contribution in [0, 0.1) is 6.92 Å². The van der Waals surface area contributed by atoms with Gasteiger partial charge in [0.25, 0.3) is 0 Å². The van der Waals surface area contributed by atoms with E-state index in [1.54, 1.807) is 18.5 Å². The fraction of sp³-hybridized carbons (Fsp3) is 0.0769. The fourth-order valence-electron chi connectivity index (χ4n) is 1.74. The second-order valence-corrected chi connectivity index (χ2v) is 3.58. The molecule has 2 N–H and O–H groups in total. The summed E-state index contributed by atoms with van der Waals surface area (Å²) in [5, 5.41) is 0. The number of pyridine rings is 1. The van der Waals surface area contributed by atoms with Crippen LogP contribution in [0.5, 0.6) is 0 Å². The van der Waals surface area contributed by atoms with Crippen LogP contribution in [-0.2, 0) is 0 Å². The molecule has 2 aromatic rings. The Morgan fingerprint density at radius 3 is 2.69 bits per heavy atom. The molecule has 0 atom stereocenters. The summed E-state index contributed by atoms with van der Waals surface area (Å²) < 4.78 is 0. The third-order valence-corrected chi connectivity index (χ3v) is 2.57. The average Bonchev–Trinajstić information content (AvgIpc) is 2.30. The summed E-state index contributed by atoms with van der Waals surface area (Å²) in [7, 11) is 0. The van der Waals surface area contributed by atoms with Crippen molar-refractivity contribution in [3.8, 4) is 11.1 Å². The van der Waals surface area contributed by atoms with E-state index in [1.807, 2.05) is 31.2 Å². The second kappa shape index (κ2) is 4.14. The van der Waals surface area contributed by atoms with Crippen LogP contribution in [0.1, 0.15) is 15.9 Å². The van der Waals surface area contributed by atoms with Crippen molar-refractivity contribution < 1.29 is 4.79 Å². The summed E-state index contributed by atoms with van der Waals surface area (Å²) in [6.45, 7) is 1.89. The van der Waals surface area contributed by atoms with Crippen LogP contribution in [-0.4, -0.2) is 10.9 Å². The summed E-state index contributed by atoms with van der Waals surface area (Å²) in [6, 6.07) is 9.34. The molecular formula is C13H12N2O. The van der Waals surface area contributed by atoms with Gasteiger partial charge in [0.2, 0.25) is 5.91 Å². The average molecular weight is 212 g/mol. The molecular weight excluding hydrogens is 200 g/mol. The minimum atomic E-state index is -0.400. The summed E-state index contributed by atoms with van der Waals surface area (Å²) in [6.07, 6.45) is 3.49. The summed E-state index contributed by atoms with van der Waals surface area (Å²) >= 11 is 0. The van der Waals surface area contributed by atoms with E-state index in [9.17, 15) is 4.79 Å². The van der Waals surface area contributed by atoms with E-state index >= 15 is 0 Å². The molecule has 2 rings (SSSR count). The molecule has 0 saturated heterocycles. The topological polar surface area (TPSA) is 56.0 Å². The van der Waals surface area contributed by atoms with Gasteiger partial charge >= 0.3 is 0 Å². The van der Waals surface area contributed by atoms with E-state index in [4.69, 9.17) is 5.73 Å². The Hall–Kier alpha value is -2.16. The molecule has 1 aromatic heterocycles. The number of aromatic nitrogens is 1. The predicted octanol–water partition coefficient (Wildman–Crippen LogP) is 2.16. The molecule has 0 aliphatic rings. The maximum absolute atomic E-state index is 11.2. The fourth-order valence-corrected chi connectivity index (χ4v) is 1.74. The number of primary amides is 1. The van der Waals surface area contributed by atoms with Crippen LogP contribution in [0.4, 0.5) is 0 Å². The lowest BCUT2D eigenvalue weighted by molar-refractivity contribution is 0.1000. The number of benzene rings is 1. The van der Waals surface area contributed by atoms with Crippen molar-refractivity contribution in [2.24, 2.45) is 5.73 Å². The van der Waals surface area contributed by atoms with Gasteiger partial charge in [-0.05, 0) is 30.2 Å². The van der Waals surface area contributed by atoms with E-state index in [0.717, 1.165) is 16.7 Å². The minimum Gasteiger partial charge on any atom is -0.366 e. The van der Waals surface area contributed by atoms with Gasteiger partial charge in [0.05, 0.1) is 0 Å². The van der Waals surface area contributed by atoms with Crippen molar-refractivity contribution in [3.05, 3.63) is 53.9 Å².